The normalized spacial score (nSPS) is 19.5. The Morgan fingerprint density at radius 2 is 1.90 bits per heavy atom. The number of nitrogens with zero attached hydrogens (tertiary/aromatic N) is 2. The van der Waals surface area contributed by atoms with Crippen molar-refractivity contribution in [3.63, 3.8) is 0 Å². The smallest absolute Gasteiger partial charge is 0.237 e. The molecule has 1 aliphatic rings. The van der Waals surface area contributed by atoms with Gasteiger partial charge in [-0.25, -0.2) is 8.42 Å². The molecule has 1 atom stereocenters. The molecular formula is C14H19ClN2O3S. The maximum absolute atomic E-state index is 11.9. The Morgan fingerprint density at radius 3 is 2.38 bits per heavy atom. The van der Waals surface area contributed by atoms with Crippen LogP contribution in [0.25, 0.3) is 0 Å². The average Bonchev–Trinajstić information content (AvgIpc) is 2.79. The molecule has 0 bridgehead atoms. The summed E-state index contributed by atoms with van der Waals surface area (Å²) in [5.41, 5.74) is 1.90. The SMILES string of the molecule is CN(C)CCc1ccc(N2CC(S(=O)(=O)Cl)CC2=O)cc1. The third kappa shape index (κ3) is 4.18. The van der Waals surface area contributed by atoms with Crippen LogP contribution in [-0.2, 0) is 20.3 Å². The zero-order chi connectivity index (χ0) is 15.6. The van der Waals surface area contributed by atoms with Crippen molar-refractivity contribution < 1.29 is 13.2 Å². The number of carbonyl (C=O) groups excluding carboxylic acids is 1. The molecule has 1 aliphatic heterocycles. The highest BCUT2D eigenvalue weighted by molar-refractivity contribution is 8.14. The van der Waals surface area contributed by atoms with E-state index in [1.54, 1.807) is 0 Å². The molecule has 1 heterocycles. The zero-order valence-electron chi connectivity index (χ0n) is 12.1. The summed E-state index contributed by atoms with van der Waals surface area (Å²) >= 11 is 0. The fourth-order valence-corrected chi connectivity index (χ4v) is 3.33. The van der Waals surface area contributed by atoms with E-state index in [1.165, 1.54) is 10.5 Å². The van der Waals surface area contributed by atoms with Crippen LogP contribution in [-0.4, -0.2) is 51.7 Å². The second-order valence-corrected chi connectivity index (χ2v) is 8.43. The molecule has 2 rings (SSSR count). The first-order chi connectivity index (χ1) is 9.77. The molecule has 0 aromatic heterocycles. The molecule has 1 fully saturated rings. The summed E-state index contributed by atoms with van der Waals surface area (Å²) in [6.45, 7) is 1.08. The molecular weight excluding hydrogens is 312 g/mol. The van der Waals surface area contributed by atoms with E-state index in [9.17, 15) is 13.2 Å². The number of anilines is 1. The number of benzene rings is 1. The Morgan fingerprint density at radius 1 is 1.29 bits per heavy atom. The first-order valence-corrected chi connectivity index (χ1v) is 9.12. The lowest BCUT2D eigenvalue weighted by Crippen LogP contribution is -2.26. The van der Waals surface area contributed by atoms with Gasteiger partial charge >= 0.3 is 0 Å². The van der Waals surface area contributed by atoms with Gasteiger partial charge < -0.3 is 9.80 Å². The minimum Gasteiger partial charge on any atom is -0.311 e. The Hall–Kier alpha value is -1.11. The number of hydrogen-bond donors (Lipinski definition) is 0. The molecule has 21 heavy (non-hydrogen) atoms. The summed E-state index contributed by atoms with van der Waals surface area (Å²) < 4.78 is 22.7. The van der Waals surface area contributed by atoms with E-state index < -0.39 is 14.3 Å². The molecule has 5 nitrogen and oxygen atoms in total. The Kier molecular flexibility index (Phi) is 4.91. The van der Waals surface area contributed by atoms with Crippen LogP contribution in [0, 0.1) is 0 Å². The second-order valence-electron chi connectivity index (χ2n) is 5.53. The van der Waals surface area contributed by atoms with Crippen molar-refractivity contribution in [2.45, 2.75) is 18.1 Å². The molecule has 0 N–H and O–H groups in total. The van der Waals surface area contributed by atoms with Crippen molar-refractivity contribution in [2.24, 2.45) is 0 Å². The minimum absolute atomic E-state index is 0.0474. The Bertz CT molecular complexity index is 614. The molecule has 0 radical (unpaired) electrons. The predicted molar refractivity (Wildman–Crippen MR) is 84.2 cm³/mol. The van der Waals surface area contributed by atoms with E-state index in [1.807, 2.05) is 38.4 Å². The van der Waals surface area contributed by atoms with Gasteiger partial charge in [-0.15, -0.1) is 0 Å². The lowest BCUT2D eigenvalue weighted by Gasteiger charge is -2.17. The van der Waals surface area contributed by atoms with Crippen LogP contribution < -0.4 is 4.90 Å². The summed E-state index contributed by atoms with van der Waals surface area (Å²) in [5.74, 6) is -0.203. The highest BCUT2D eigenvalue weighted by atomic mass is 35.7. The summed E-state index contributed by atoms with van der Waals surface area (Å²) in [6.07, 6.45) is 0.883. The molecule has 1 saturated heterocycles. The summed E-state index contributed by atoms with van der Waals surface area (Å²) in [6, 6.07) is 7.64. The van der Waals surface area contributed by atoms with Gasteiger partial charge in [0.2, 0.25) is 15.0 Å². The molecule has 1 amide bonds. The highest BCUT2D eigenvalue weighted by Crippen LogP contribution is 2.26. The van der Waals surface area contributed by atoms with Crippen molar-refractivity contribution in [1.29, 1.82) is 0 Å². The van der Waals surface area contributed by atoms with Gasteiger partial charge in [-0.3, -0.25) is 4.79 Å². The van der Waals surface area contributed by atoms with E-state index in [0.29, 0.717) is 0 Å². The van der Waals surface area contributed by atoms with E-state index in [4.69, 9.17) is 10.7 Å². The molecule has 0 saturated carbocycles. The number of hydrogen-bond acceptors (Lipinski definition) is 4. The maximum atomic E-state index is 11.9. The van der Waals surface area contributed by atoms with Crippen LogP contribution in [0.3, 0.4) is 0 Å². The second kappa shape index (κ2) is 6.34. The van der Waals surface area contributed by atoms with Crippen LogP contribution in [0.1, 0.15) is 12.0 Å². The van der Waals surface area contributed by atoms with Crippen LogP contribution in [0.5, 0.6) is 0 Å². The third-order valence-corrected chi connectivity index (χ3v) is 5.45. The van der Waals surface area contributed by atoms with Crippen molar-refractivity contribution in [3.8, 4) is 0 Å². The van der Waals surface area contributed by atoms with E-state index in [-0.39, 0.29) is 18.9 Å². The first-order valence-electron chi connectivity index (χ1n) is 6.75. The highest BCUT2D eigenvalue weighted by Gasteiger charge is 2.37. The van der Waals surface area contributed by atoms with Crippen molar-refractivity contribution in [3.05, 3.63) is 29.8 Å². The third-order valence-electron chi connectivity index (χ3n) is 3.58. The largest absolute Gasteiger partial charge is 0.311 e. The fourth-order valence-electron chi connectivity index (χ4n) is 2.31. The van der Waals surface area contributed by atoms with Gasteiger partial charge in [0.1, 0.15) is 5.25 Å². The van der Waals surface area contributed by atoms with Crippen molar-refractivity contribution in [1.82, 2.24) is 4.90 Å². The predicted octanol–water partition coefficient (Wildman–Crippen LogP) is 1.46. The van der Waals surface area contributed by atoms with Crippen LogP contribution in [0.4, 0.5) is 5.69 Å². The number of rotatable bonds is 5. The molecule has 1 aromatic rings. The standard InChI is InChI=1S/C14H19ClN2O3S/c1-16(2)8-7-11-3-5-12(6-4-11)17-10-13(9-14(17)18)21(15,19)20/h3-6,13H,7-10H2,1-2H3. The molecule has 0 aliphatic carbocycles. The summed E-state index contributed by atoms with van der Waals surface area (Å²) in [5, 5.41) is -0.819. The van der Waals surface area contributed by atoms with Gasteiger partial charge in [0.15, 0.2) is 0 Å². The fraction of sp³-hybridized carbons (Fsp3) is 0.500. The zero-order valence-corrected chi connectivity index (χ0v) is 13.7. The lowest BCUT2D eigenvalue weighted by atomic mass is 10.1. The quantitative estimate of drug-likeness (QED) is 0.767. The summed E-state index contributed by atoms with van der Waals surface area (Å²) in [4.78, 5) is 15.5. The van der Waals surface area contributed by atoms with Gasteiger partial charge in [-0.1, -0.05) is 12.1 Å². The molecule has 7 heteroatoms. The Balaban J connectivity index is 2.07. The average molecular weight is 331 g/mol. The number of likely N-dealkylation sites (N-methyl/N-ethyl adjacent to an activating group) is 1. The molecule has 1 unspecified atom stereocenters. The molecule has 116 valence electrons. The number of carbonyl (C=O) groups is 1. The number of amides is 1. The molecule has 0 spiro atoms. The maximum Gasteiger partial charge on any atom is 0.237 e. The van der Waals surface area contributed by atoms with Crippen LogP contribution >= 0.6 is 10.7 Å². The topological polar surface area (TPSA) is 57.7 Å². The van der Waals surface area contributed by atoms with Gasteiger partial charge in [0, 0.05) is 35.9 Å². The minimum atomic E-state index is -3.70. The van der Waals surface area contributed by atoms with Crippen molar-refractivity contribution >= 4 is 31.3 Å². The van der Waals surface area contributed by atoms with Gasteiger partial charge in [0.25, 0.3) is 0 Å². The van der Waals surface area contributed by atoms with Crippen molar-refractivity contribution in [2.75, 3.05) is 32.1 Å². The van der Waals surface area contributed by atoms with Gasteiger partial charge in [-0.05, 0) is 38.2 Å². The van der Waals surface area contributed by atoms with Crippen LogP contribution in [0.2, 0.25) is 0 Å². The van der Waals surface area contributed by atoms with Gasteiger partial charge in [0.05, 0.1) is 0 Å². The van der Waals surface area contributed by atoms with E-state index >= 15 is 0 Å². The Labute approximate surface area is 129 Å². The monoisotopic (exact) mass is 330 g/mol. The van der Waals surface area contributed by atoms with Gasteiger partial charge in [-0.2, -0.15) is 0 Å². The van der Waals surface area contributed by atoms with Crippen LogP contribution in [0.15, 0.2) is 24.3 Å². The first kappa shape index (κ1) is 16.3. The van der Waals surface area contributed by atoms with E-state index in [2.05, 4.69) is 4.90 Å². The number of halogens is 1. The lowest BCUT2D eigenvalue weighted by molar-refractivity contribution is -0.117. The van der Waals surface area contributed by atoms with E-state index in [0.717, 1.165) is 18.7 Å². The molecule has 1 aromatic carbocycles. The summed E-state index contributed by atoms with van der Waals surface area (Å²) in [7, 11) is 5.68.